The highest BCUT2D eigenvalue weighted by Crippen LogP contribution is 2.33. The minimum atomic E-state index is -0.972. The average molecular weight is 259 g/mol. The van der Waals surface area contributed by atoms with Crippen molar-refractivity contribution >= 4 is 5.97 Å². The monoisotopic (exact) mass is 259 g/mol. The maximum atomic E-state index is 10.8. The summed E-state index contributed by atoms with van der Waals surface area (Å²) in [6, 6.07) is 8.86. The number of carboxylic acids is 1. The van der Waals surface area contributed by atoms with Gasteiger partial charge in [-0.15, -0.1) is 0 Å². The number of carbonyl (C=O) groups is 1. The van der Waals surface area contributed by atoms with Gasteiger partial charge in [0.15, 0.2) is 11.5 Å². The highest BCUT2D eigenvalue weighted by molar-refractivity contribution is 5.87. The zero-order valence-corrected chi connectivity index (χ0v) is 10.2. The summed E-state index contributed by atoms with van der Waals surface area (Å²) < 4.78 is 11.2. The second-order valence-electron chi connectivity index (χ2n) is 4.30. The first-order valence-electron chi connectivity index (χ1n) is 6.06. The number of fused-ring (bicyclic) bond motifs is 1. The van der Waals surface area contributed by atoms with Gasteiger partial charge in [-0.05, 0) is 30.3 Å². The maximum absolute atomic E-state index is 10.8. The van der Waals surface area contributed by atoms with Crippen LogP contribution < -0.4 is 9.47 Å². The number of rotatable bonds is 2. The van der Waals surface area contributed by atoms with Crippen LogP contribution in [0.15, 0.2) is 30.3 Å². The number of benzene rings is 1. The van der Waals surface area contributed by atoms with Gasteiger partial charge < -0.3 is 19.6 Å². The Labute approximate surface area is 109 Å². The normalized spacial score (nSPS) is 13.9. The molecule has 0 unspecified atom stereocenters. The van der Waals surface area contributed by atoms with Crippen molar-refractivity contribution in [3.05, 3.63) is 36.0 Å². The van der Waals surface area contributed by atoms with Gasteiger partial charge in [0.05, 0.1) is 13.2 Å². The third-order valence-electron chi connectivity index (χ3n) is 2.97. The molecule has 5 nitrogen and oxygen atoms in total. The van der Waals surface area contributed by atoms with Crippen molar-refractivity contribution in [3.63, 3.8) is 0 Å². The molecule has 1 aliphatic rings. The van der Waals surface area contributed by atoms with Crippen molar-refractivity contribution in [2.45, 2.75) is 6.42 Å². The van der Waals surface area contributed by atoms with E-state index < -0.39 is 5.97 Å². The van der Waals surface area contributed by atoms with E-state index in [0.29, 0.717) is 19.0 Å². The molecule has 0 saturated carbocycles. The van der Waals surface area contributed by atoms with E-state index in [4.69, 9.17) is 14.6 Å². The van der Waals surface area contributed by atoms with E-state index in [1.54, 1.807) is 12.1 Å². The van der Waals surface area contributed by atoms with E-state index in [2.05, 4.69) is 4.98 Å². The molecule has 2 N–H and O–H groups in total. The molecule has 0 radical (unpaired) electrons. The second-order valence-corrected chi connectivity index (χ2v) is 4.30. The van der Waals surface area contributed by atoms with Crippen molar-refractivity contribution < 1.29 is 19.4 Å². The molecular weight excluding hydrogens is 246 g/mol. The highest BCUT2D eigenvalue weighted by Gasteiger charge is 2.13. The third-order valence-corrected chi connectivity index (χ3v) is 2.97. The molecule has 2 aromatic rings. The van der Waals surface area contributed by atoms with Crippen LogP contribution >= 0.6 is 0 Å². The fourth-order valence-corrected chi connectivity index (χ4v) is 2.02. The van der Waals surface area contributed by atoms with Crippen molar-refractivity contribution in [2.75, 3.05) is 13.2 Å². The first-order chi connectivity index (χ1) is 9.24. The molecule has 19 heavy (non-hydrogen) atoms. The fourth-order valence-electron chi connectivity index (χ4n) is 2.02. The van der Waals surface area contributed by atoms with Crippen LogP contribution in [0, 0.1) is 0 Å². The topological polar surface area (TPSA) is 71.6 Å². The molecule has 1 aromatic carbocycles. The molecule has 0 fully saturated rings. The lowest BCUT2D eigenvalue weighted by Gasteiger charge is -2.08. The standard InChI is InChI=1S/C14H13NO4/c16-14(17)11-4-3-10(15-11)9-2-5-12-13(8-9)19-7-1-6-18-12/h2-5,8,15H,1,6-7H2,(H,16,17). The van der Waals surface area contributed by atoms with Crippen LogP contribution in [0.1, 0.15) is 16.9 Å². The van der Waals surface area contributed by atoms with Crippen LogP contribution in [-0.4, -0.2) is 29.3 Å². The van der Waals surface area contributed by atoms with E-state index in [-0.39, 0.29) is 5.69 Å². The Morgan fingerprint density at radius 1 is 1.11 bits per heavy atom. The minimum absolute atomic E-state index is 0.169. The van der Waals surface area contributed by atoms with Crippen LogP contribution in [0.3, 0.4) is 0 Å². The van der Waals surface area contributed by atoms with E-state index in [0.717, 1.165) is 23.4 Å². The van der Waals surface area contributed by atoms with Gasteiger partial charge in [0.25, 0.3) is 0 Å². The number of aromatic nitrogens is 1. The van der Waals surface area contributed by atoms with Gasteiger partial charge in [-0.25, -0.2) is 4.79 Å². The summed E-state index contributed by atoms with van der Waals surface area (Å²) in [6.45, 7) is 1.28. The largest absolute Gasteiger partial charge is 0.490 e. The van der Waals surface area contributed by atoms with E-state index in [9.17, 15) is 4.79 Å². The molecular formula is C14H13NO4. The molecule has 0 saturated heterocycles. The molecule has 98 valence electrons. The lowest BCUT2D eigenvalue weighted by atomic mass is 10.1. The maximum Gasteiger partial charge on any atom is 0.352 e. The van der Waals surface area contributed by atoms with E-state index in [1.165, 1.54) is 0 Å². The summed E-state index contributed by atoms with van der Waals surface area (Å²) in [5.41, 5.74) is 1.78. The predicted molar refractivity (Wildman–Crippen MR) is 68.8 cm³/mol. The summed E-state index contributed by atoms with van der Waals surface area (Å²) in [5, 5.41) is 8.90. The molecule has 0 atom stereocenters. The number of hydrogen-bond acceptors (Lipinski definition) is 3. The Kier molecular flexibility index (Phi) is 2.87. The Morgan fingerprint density at radius 2 is 1.89 bits per heavy atom. The smallest absolute Gasteiger partial charge is 0.352 e. The van der Waals surface area contributed by atoms with Crippen LogP contribution in [0.25, 0.3) is 11.3 Å². The molecule has 1 aromatic heterocycles. The van der Waals surface area contributed by atoms with Crippen LogP contribution in [0.2, 0.25) is 0 Å². The molecule has 3 rings (SSSR count). The van der Waals surface area contributed by atoms with Gasteiger partial charge in [0.1, 0.15) is 5.69 Å². The van der Waals surface area contributed by atoms with E-state index >= 15 is 0 Å². The zero-order valence-electron chi connectivity index (χ0n) is 10.2. The summed E-state index contributed by atoms with van der Waals surface area (Å²) in [4.78, 5) is 13.7. The number of carboxylic acid groups (broad SMARTS) is 1. The zero-order chi connectivity index (χ0) is 13.2. The Hall–Kier alpha value is -2.43. The number of hydrogen-bond donors (Lipinski definition) is 2. The minimum Gasteiger partial charge on any atom is -0.490 e. The average Bonchev–Trinajstić information content (AvgIpc) is 2.78. The predicted octanol–water partition coefficient (Wildman–Crippen LogP) is 2.54. The molecule has 0 aliphatic carbocycles. The highest BCUT2D eigenvalue weighted by atomic mass is 16.5. The molecule has 2 heterocycles. The second kappa shape index (κ2) is 4.68. The van der Waals surface area contributed by atoms with Crippen LogP contribution in [-0.2, 0) is 0 Å². The number of aromatic amines is 1. The van der Waals surface area contributed by atoms with Crippen molar-refractivity contribution in [3.8, 4) is 22.8 Å². The molecule has 1 aliphatic heterocycles. The Bertz CT molecular complexity index is 618. The molecule has 0 bridgehead atoms. The van der Waals surface area contributed by atoms with Gasteiger partial charge in [-0.3, -0.25) is 0 Å². The molecule has 0 spiro atoms. The molecule has 0 amide bonds. The lowest BCUT2D eigenvalue weighted by Crippen LogP contribution is -1.97. The molecule has 5 heteroatoms. The fraction of sp³-hybridized carbons (Fsp3) is 0.214. The summed E-state index contributed by atoms with van der Waals surface area (Å²) in [5.74, 6) is 0.452. The number of nitrogens with one attached hydrogen (secondary N) is 1. The van der Waals surface area contributed by atoms with Gasteiger partial charge in [-0.1, -0.05) is 0 Å². The first kappa shape index (κ1) is 11.6. The van der Waals surface area contributed by atoms with Crippen molar-refractivity contribution in [1.82, 2.24) is 4.98 Å². The summed E-state index contributed by atoms with van der Waals surface area (Å²) in [7, 11) is 0. The third kappa shape index (κ3) is 2.27. The quantitative estimate of drug-likeness (QED) is 0.869. The van der Waals surface area contributed by atoms with Crippen molar-refractivity contribution in [2.24, 2.45) is 0 Å². The van der Waals surface area contributed by atoms with Gasteiger partial charge in [-0.2, -0.15) is 0 Å². The number of H-pyrrole nitrogens is 1. The Morgan fingerprint density at radius 3 is 2.63 bits per heavy atom. The van der Waals surface area contributed by atoms with Gasteiger partial charge in [0, 0.05) is 17.7 Å². The van der Waals surface area contributed by atoms with Gasteiger partial charge >= 0.3 is 5.97 Å². The Balaban J connectivity index is 1.96. The summed E-state index contributed by atoms with van der Waals surface area (Å²) >= 11 is 0. The van der Waals surface area contributed by atoms with Gasteiger partial charge in [0.2, 0.25) is 0 Å². The number of ether oxygens (including phenoxy) is 2. The summed E-state index contributed by atoms with van der Waals surface area (Å²) in [6.07, 6.45) is 0.857. The lowest BCUT2D eigenvalue weighted by molar-refractivity contribution is 0.0691. The van der Waals surface area contributed by atoms with Crippen LogP contribution in [0.5, 0.6) is 11.5 Å². The first-order valence-corrected chi connectivity index (χ1v) is 6.06. The number of aromatic carboxylic acids is 1. The van der Waals surface area contributed by atoms with E-state index in [1.807, 2.05) is 18.2 Å². The van der Waals surface area contributed by atoms with Crippen LogP contribution in [0.4, 0.5) is 0 Å². The van der Waals surface area contributed by atoms with Crippen molar-refractivity contribution in [1.29, 1.82) is 0 Å². The SMILES string of the molecule is O=C(O)c1ccc(-c2ccc3c(c2)OCCCO3)[nH]1.